The number of aryl methyl sites for hydroxylation is 2. The molecule has 1 aliphatic rings. The first kappa shape index (κ1) is 24.5. The molecule has 0 amide bonds. The summed E-state index contributed by atoms with van der Waals surface area (Å²) >= 11 is 1.34. The largest absolute Gasteiger partial charge is 0.427 e. The van der Waals surface area contributed by atoms with Gasteiger partial charge in [-0.15, -0.1) is 0 Å². The summed E-state index contributed by atoms with van der Waals surface area (Å²) in [6, 6.07) is 10.6. The van der Waals surface area contributed by atoms with Gasteiger partial charge in [-0.05, 0) is 68.0 Å². The summed E-state index contributed by atoms with van der Waals surface area (Å²) in [6.45, 7) is 3.47. The number of hydrogen-bond acceptors (Lipinski definition) is 4. The number of Topliss-reactive ketones (excluding diaryl/α,β-unsaturated/α-hetero) is 1. The molecule has 1 N–H and O–H groups in total. The van der Waals surface area contributed by atoms with Gasteiger partial charge in [0.1, 0.15) is 5.78 Å². The molecule has 0 radical (unpaired) electrons. The third-order valence-electron chi connectivity index (χ3n) is 5.61. The van der Waals surface area contributed by atoms with Gasteiger partial charge in [0, 0.05) is 24.3 Å². The number of benzene rings is 2. The molecule has 32 heavy (non-hydrogen) atoms. The highest BCUT2D eigenvalue weighted by Gasteiger charge is 2.67. The van der Waals surface area contributed by atoms with E-state index in [2.05, 4.69) is 0 Å². The normalized spacial score (nSPS) is 18.8. The Balaban J connectivity index is 2.06. The van der Waals surface area contributed by atoms with Crippen LogP contribution in [0.4, 0.5) is 27.6 Å². The van der Waals surface area contributed by atoms with Gasteiger partial charge in [-0.1, -0.05) is 29.8 Å². The van der Waals surface area contributed by atoms with Crippen molar-refractivity contribution < 1.29 is 31.9 Å². The summed E-state index contributed by atoms with van der Waals surface area (Å²) < 4.78 is 70.4. The monoisotopic (exact) mass is 473 g/mol. The van der Waals surface area contributed by atoms with Crippen LogP contribution < -0.4 is 4.31 Å². The molecule has 0 fully saturated rings. The molecule has 3 rings (SSSR count). The topological polar surface area (TPSA) is 40.5 Å². The van der Waals surface area contributed by atoms with Crippen LogP contribution in [0.3, 0.4) is 0 Å². The Kier molecular flexibility index (Phi) is 6.64. The lowest BCUT2D eigenvalue weighted by Crippen LogP contribution is -2.54. The smallest absolute Gasteiger partial charge is 0.372 e. The zero-order valence-corrected chi connectivity index (χ0v) is 18.7. The van der Waals surface area contributed by atoms with Crippen LogP contribution in [0.15, 0.2) is 47.4 Å². The SMILES string of the molecule is CC(=O)C[C@@H]1CCc2cc(C(O)(C(C)(F)F)C(F)(F)F)ccc2N1Sc1ccc(C)cc1. The highest BCUT2D eigenvalue weighted by atomic mass is 32.2. The van der Waals surface area contributed by atoms with Crippen molar-refractivity contribution in [2.45, 2.75) is 68.7 Å². The lowest BCUT2D eigenvalue weighted by atomic mass is 9.84. The first-order valence-corrected chi connectivity index (χ1v) is 10.8. The van der Waals surface area contributed by atoms with Gasteiger partial charge in [-0.3, -0.25) is 4.79 Å². The maximum atomic E-state index is 14.0. The van der Waals surface area contributed by atoms with Crippen LogP contribution in [0.5, 0.6) is 0 Å². The third kappa shape index (κ3) is 4.64. The van der Waals surface area contributed by atoms with E-state index in [9.17, 15) is 31.9 Å². The van der Waals surface area contributed by atoms with Crippen LogP contribution >= 0.6 is 11.9 Å². The molecule has 3 nitrogen and oxygen atoms in total. The first-order chi connectivity index (χ1) is 14.7. The molecule has 2 aromatic rings. The van der Waals surface area contributed by atoms with Crippen LogP contribution in [0, 0.1) is 6.92 Å². The molecule has 1 unspecified atom stereocenters. The van der Waals surface area contributed by atoms with Crippen LogP contribution in [-0.4, -0.2) is 29.0 Å². The molecule has 9 heteroatoms. The number of nitrogens with zero attached hydrogens (tertiary/aromatic N) is 1. The van der Waals surface area contributed by atoms with Crippen molar-refractivity contribution in [1.82, 2.24) is 0 Å². The minimum absolute atomic E-state index is 0.0263. The highest BCUT2D eigenvalue weighted by molar-refractivity contribution is 8.00. The number of ketones is 1. The van der Waals surface area contributed by atoms with E-state index in [0.717, 1.165) is 22.6 Å². The standard InChI is InChI=1S/C23H24F5NO2S/c1-14-4-9-19(10-5-14)32-29-18(12-15(2)30)8-6-16-13-17(7-11-20(16)29)22(31,21(3,24)25)23(26,27)28/h4-5,7,9-11,13,18,31H,6,8,12H2,1-3H3/t18-,22?/m0/s1. The fourth-order valence-electron chi connectivity index (χ4n) is 3.88. The maximum absolute atomic E-state index is 14.0. The molecular formula is C23H24F5NO2S. The van der Waals surface area contributed by atoms with Gasteiger partial charge in [-0.25, -0.2) is 8.78 Å². The van der Waals surface area contributed by atoms with Gasteiger partial charge in [0.05, 0.1) is 5.69 Å². The second-order valence-electron chi connectivity index (χ2n) is 8.27. The summed E-state index contributed by atoms with van der Waals surface area (Å²) in [5, 5.41) is 10.1. The van der Waals surface area contributed by atoms with E-state index in [-0.39, 0.29) is 25.2 Å². The van der Waals surface area contributed by atoms with Gasteiger partial charge >= 0.3 is 6.18 Å². The van der Waals surface area contributed by atoms with Gasteiger partial charge in [-0.2, -0.15) is 13.2 Å². The number of halogens is 5. The summed E-state index contributed by atoms with van der Waals surface area (Å²) in [6.07, 6.45) is -4.56. The minimum Gasteiger partial charge on any atom is -0.372 e. The van der Waals surface area contributed by atoms with Crippen molar-refractivity contribution in [3.8, 4) is 0 Å². The Bertz CT molecular complexity index is 971. The van der Waals surface area contributed by atoms with E-state index in [1.54, 1.807) is 0 Å². The number of carbonyl (C=O) groups is 1. The van der Waals surface area contributed by atoms with Crippen LogP contribution in [0.2, 0.25) is 0 Å². The molecule has 1 heterocycles. The highest BCUT2D eigenvalue weighted by Crippen LogP contribution is 2.50. The average Bonchev–Trinajstić information content (AvgIpc) is 2.68. The Morgan fingerprint density at radius 1 is 1.12 bits per heavy atom. The number of rotatable bonds is 6. The number of carbonyl (C=O) groups excluding carboxylic acids is 1. The van der Waals surface area contributed by atoms with Crippen LogP contribution in [0.25, 0.3) is 0 Å². The fourth-order valence-corrected chi connectivity index (χ4v) is 4.97. The lowest BCUT2D eigenvalue weighted by Gasteiger charge is -2.39. The molecule has 174 valence electrons. The Morgan fingerprint density at radius 2 is 1.75 bits per heavy atom. The van der Waals surface area contributed by atoms with E-state index < -0.39 is 23.3 Å². The molecule has 0 aromatic heterocycles. The van der Waals surface area contributed by atoms with E-state index in [1.165, 1.54) is 24.9 Å². The zero-order valence-electron chi connectivity index (χ0n) is 17.8. The minimum atomic E-state index is -5.57. The molecule has 0 spiro atoms. The van der Waals surface area contributed by atoms with Crippen molar-refractivity contribution >= 4 is 23.4 Å². The van der Waals surface area contributed by atoms with E-state index in [0.29, 0.717) is 24.1 Å². The molecular weight excluding hydrogens is 449 g/mol. The van der Waals surface area contributed by atoms with Crippen molar-refractivity contribution in [1.29, 1.82) is 0 Å². The second-order valence-corrected chi connectivity index (χ2v) is 9.32. The second kappa shape index (κ2) is 8.67. The average molecular weight is 474 g/mol. The Labute approximate surface area is 187 Å². The maximum Gasteiger partial charge on any atom is 0.427 e. The molecule has 0 saturated heterocycles. The summed E-state index contributed by atoms with van der Waals surface area (Å²) in [5.41, 5.74) is -3.19. The van der Waals surface area contributed by atoms with Gasteiger partial charge in [0.2, 0.25) is 5.60 Å². The van der Waals surface area contributed by atoms with Crippen molar-refractivity contribution in [3.63, 3.8) is 0 Å². The molecule has 0 aliphatic carbocycles. The number of fused-ring (bicyclic) bond motifs is 1. The van der Waals surface area contributed by atoms with E-state index in [1.807, 2.05) is 35.5 Å². The molecule has 2 atom stereocenters. The Hall–Kier alpha value is -2.13. The molecule has 0 bridgehead atoms. The van der Waals surface area contributed by atoms with Crippen LogP contribution in [0.1, 0.15) is 43.4 Å². The van der Waals surface area contributed by atoms with Crippen molar-refractivity contribution in [3.05, 3.63) is 59.2 Å². The number of aliphatic hydroxyl groups is 1. The lowest BCUT2D eigenvalue weighted by molar-refractivity contribution is -0.335. The summed E-state index contributed by atoms with van der Waals surface area (Å²) in [5.74, 6) is -4.47. The van der Waals surface area contributed by atoms with Crippen LogP contribution in [-0.2, 0) is 16.8 Å². The zero-order chi connectivity index (χ0) is 23.9. The van der Waals surface area contributed by atoms with E-state index in [4.69, 9.17) is 0 Å². The van der Waals surface area contributed by atoms with Crippen molar-refractivity contribution in [2.24, 2.45) is 0 Å². The summed E-state index contributed by atoms with van der Waals surface area (Å²) in [4.78, 5) is 12.7. The van der Waals surface area contributed by atoms with E-state index >= 15 is 0 Å². The molecule has 0 saturated carbocycles. The van der Waals surface area contributed by atoms with Crippen molar-refractivity contribution in [2.75, 3.05) is 4.31 Å². The predicted molar refractivity (Wildman–Crippen MR) is 114 cm³/mol. The number of anilines is 1. The summed E-state index contributed by atoms with van der Waals surface area (Å²) in [7, 11) is 0. The molecule has 1 aliphatic heterocycles. The van der Waals surface area contributed by atoms with Gasteiger partial charge < -0.3 is 9.41 Å². The van der Waals surface area contributed by atoms with Gasteiger partial charge in [0.15, 0.2) is 0 Å². The Morgan fingerprint density at radius 3 is 2.28 bits per heavy atom. The predicted octanol–water partition coefficient (Wildman–Crippen LogP) is 6.21. The number of alkyl halides is 5. The third-order valence-corrected chi connectivity index (χ3v) is 6.78. The fraction of sp³-hybridized carbons (Fsp3) is 0.435. The molecule has 2 aromatic carbocycles. The first-order valence-electron chi connectivity index (χ1n) is 10.1. The quantitative estimate of drug-likeness (QED) is 0.400. The van der Waals surface area contributed by atoms with Gasteiger partial charge in [0.25, 0.3) is 5.92 Å². The number of hydrogen-bond donors (Lipinski definition) is 1.